The number of hydrogen-bond donors (Lipinski definition) is 2. The number of carbonyl (C=O) groups is 1. The number of amides is 1. The highest BCUT2D eigenvalue weighted by Gasteiger charge is 2.18. The van der Waals surface area contributed by atoms with E-state index in [0.29, 0.717) is 37.8 Å². The first-order valence-electron chi connectivity index (χ1n) is 12.0. The molecule has 38 heavy (non-hydrogen) atoms. The van der Waals surface area contributed by atoms with Crippen LogP contribution in [0, 0.1) is 0 Å². The number of halogens is 1. The lowest BCUT2D eigenvalue weighted by molar-refractivity contribution is 0.110. The summed E-state index contributed by atoms with van der Waals surface area (Å²) in [7, 11) is -3.01. The van der Waals surface area contributed by atoms with Crippen LogP contribution in [-0.2, 0) is 9.30 Å². The highest BCUT2D eigenvalue weighted by atomic mass is 35.5. The zero-order chi connectivity index (χ0) is 27.5. The number of phosphoric acid groups is 1. The smallest absolute Gasteiger partial charge is 0.492 e. The van der Waals surface area contributed by atoms with E-state index in [4.69, 9.17) is 35.4 Å². The van der Waals surface area contributed by atoms with Gasteiger partial charge in [0.05, 0.1) is 13.2 Å². The fourth-order valence-electron chi connectivity index (χ4n) is 3.83. The van der Waals surface area contributed by atoms with Crippen LogP contribution in [0.1, 0.15) is 30.0 Å². The fraction of sp³-hybridized carbons (Fsp3) is 0.250. The lowest BCUT2D eigenvalue weighted by Gasteiger charge is -2.18. The van der Waals surface area contributed by atoms with Crippen LogP contribution in [-0.4, -0.2) is 53.5 Å². The lowest BCUT2D eigenvalue weighted by Crippen LogP contribution is -2.31. The largest absolute Gasteiger partial charge is 0.524 e. The normalized spacial score (nSPS) is 11.9. The summed E-state index contributed by atoms with van der Waals surface area (Å²) in [6.45, 7) is 2.76. The number of likely N-dealkylation sites (N-methyl/N-ethyl adjacent to an activating group) is 1. The van der Waals surface area contributed by atoms with Crippen molar-refractivity contribution < 1.29 is 33.1 Å². The predicted octanol–water partition coefficient (Wildman–Crippen LogP) is 6.21. The van der Waals surface area contributed by atoms with Crippen molar-refractivity contribution in [2.75, 3.05) is 32.7 Å². The number of alkyl halides is 1. The third-order valence-electron chi connectivity index (χ3n) is 5.55. The fourth-order valence-corrected chi connectivity index (χ4v) is 4.41. The first kappa shape index (κ1) is 29.3. The standard InChI is InChI=1S/C28H31ClNO7P/c1-3-35-28(31)30(2)19-20-36-24-13-9-22(10-14-24)27(26(17-18-29)21-7-5-4-6-8-21)23-11-15-25(16-12-23)37-38(32,33)34/h4-16H,3,17-20H2,1-2H3,(H2,32,33,34)/b27-26+. The number of nitrogens with zero attached hydrogens (tertiary/aromatic N) is 1. The summed E-state index contributed by atoms with van der Waals surface area (Å²) >= 11 is 6.22. The van der Waals surface area contributed by atoms with Gasteiger partial charge in [0.1, 0.15) is 18.1 Å². The number of carbonyl (C=O) groups excluding carboxylic acids is 1. The van der Waals surface area contributed by atoms with Crippen LogP contribution in [0.2, 0.25) is 0 Å². The number of allylic oxidation sites excluding steroid dienone is 1. The molecule has 0 aliphatic heterocycles. The molecule has 0 aliphatic carbocycles. The van der Waals surface area contributed by atoms with Crippen LogP contribution < -0.4 is 9.26 Å². The second-order valence-electron chi connectivity index (χ2n) is 8.26. The molecule has 0 atom stereocenters. The van der Waals surface area contributed by atoms with Gasteiger partial charge in [-0.3, -0.25) is 9.79 Å². The Morgan fingerprint density at radius 2 is 1.47 bits per heavy atom. The van der Waals surface area contributed by atoms with Crippen molar-refractivity contribution >= 4 is 36.7 Å². The van der Waals surface area contributed by atoms with Gasteiger partial charge in [0.25, 0.3) is 0 Å². The number of phosphoric ester groups is 1. The molecule has 0 saturated carbocycles. The van der Waals surface area contributed by atoms with E-state index in [1.165, 1.54) is 17.0 Å². The summed E-state index contributed by atoms with van der Waals surface area (Å²) in [6.07, 6.45) is 0.200. The molecular weight excluding hydrogens is 529 g/mol. The van der Waals surface area contributed by atoms with Crippen LogP contribution in [0.5, 0.6) is 11.5 Å². The first-order valence-corrected chi connectivity index (χ1v) is 14.1. The van der Waals surface area contributed by atoms with Gasteiger partial charge in [-0.05, 0) is 65.4 Å². The maximum atomic E-state index is 11.8. The molecule has 0 fully saturated rings. The minimum atomic E-state index is -4.66. The predicted molar refractivity (Wildman–Crippen MR) is 148 cm³/mol. The van der Waals surface area contributed by atoms with Gasteiger partial charge >= 0.3 is 13.9 Å². The molecule has 0 bridgehead atoms. The van der Waals surface area contributed by atoms with E-state index < -0.39 is 13.9 Å². The molecule has 0 aliphatic rings. The summed E-state index contributed by atoms with van der Waals surface area (Å²) in [5.41, 5.74) is 4.70. The quantitative estimate of drug-likeness (QED) is 0.154. The summed E-state index contributed by atoms with van der Waals surface area (Å²) in [6, 6.07) is 24.1. The molecule has 8 nitrogen and oxygen atoms in total. The summed E-state index contributed by atoms with van der Waals surface area (Å²) in [5, 5.41) is 0. The minimum Gasteiger partial charge on any atom is -0.492 e. The summed E-state index contributed by atoms with van der Waals surface area (Å²) in [4.78, 5) is 31.5. The number of ether oxygens (including phenoxy) is 2. The average molecular weight is 560 g/mol. The van der Waals surface area contributed by atoms with E-state index in [0.717, 1.165) is 27.8 Å². The molecule has 0 radical (unpaired) electrons. The second kappa shape index (κ2) is 14.0. The minimum absolute atomic E-state index is 0.0663. The van der Waals surface area contributed by atoms with Crippen molar-refractivity contribution in [3.63, 3.8) is 0 Å². The van der Waals surface area contributed by atoms with E-state index >= 15 is 0 Å². The summed E-state index contributed by atoms with van der Waals surface area (Å²) in [5.74, 6) is 1.12. The van der Waals surface area contributed by atoms with Gasteiger partial charge in [0, 0.05) is 12.9 Å². The Morgan fingerprint density at radius 1 is 0.895 bits per heavy atom. The Balaban J connectivity index is 1.92. The Morgan fingerprint density at radius 3 is 2.00 bits per heavy atom. The molecule has 202 valence electrons. The highest BCUT2D eigenvalue weighted by molar-refractivity contribution is 7.46. The zero-order valence-corrected chi connectivity index (χ0v) is 22.9. The molecule has 3 aromatic carbocycles. The van der Waals surface area contributed by atoms with E-state index in [1.54, 1.807) is 26.1 Å². The van der Waals surface area contributed by atoms with Gasteiger partial charge in [-0.25, -0.2) is 9.36 Å². The van der Waals surface area contributed by atoms with Crippen molar-refractivity contribution in [1.82, 2.24) is 4.90 Å². The molecule has 0 aromatic heterocycles. The van der Waals surface area contributed by atoms with Gasteiger partial charge in [-0.15, -0.1) is 11.6 Å². The van der Waals surface area contributed by atoms with E-state index in [-0.39, 0.29) is 5.75 Å². The lowest BCUT2D eigenvalue weighted by atomic mass is 9.88. The Labute approximate surface area is 227 Å². The van der Waals surface area contributed by atoms with Gasteiger partial charge in [-0.1, -0.05) is 54.6 Å². The molecule has 0 saturated heterocycles. The van der Waals surface area contributed by atoms with Crippen molar-refractivity contribution in [3.05, 3.63) is 95.6 Å². The van der Waals surface area contributed by atoms with Crippen LogP contribution in [0.25, 0.3) is 11.1 Å². The molecule has 10 heteroatoms. The third kappa shape index (κ3) is 8.64. The molecule has 0 spiro atoms. The maximum absolute atomic E-state index is 11.8. The van der Waals surface area contributed by atoms with Crippen molar-refractivity contribution in [2.24, 2.45) is 0 Å². The molecular formula is C28H31ClNO7P. The molecule has 1 amide bonds. The van der Waals surface area contributed by atoms with Gasteiger partial charge in [-0.2, -0.15) is 0 Å². The molecule has 0 unspecified atom stereocenters. The van der Waals surface area contributed by atoms with Crippen LogP contribution >= 0.6 is 19.4 Å². The Kier molecular flexibility index (Phi) is 10.8. The van der Waals surface area contributed by atoms with Crippen LogP contribution in [0.15, 0.2) is 78.9 Å². The Bertz CT molecular complexity index is 1260. The SMILES string of the molecule is CCOC(=O)N(C)CCOc1ccc(/C(=C(/CCCl)c2ccccc2)c2ccc(OP(=O)(O)O)cc2)cc1. The van der Waals surface area contributed by atoms with E-state index in [2.05, 4.69) is 0 Å². The number of rotatable bonds is 12. The second-order valence-corrected chi connectivity index (χ2v) is 9.80. The third-order valence-corrected chi connectivity index (χ3v) is 6.19. The molecule has 0 heterocycles. The number of benzene rings is 3. The van der Waals surface area contributed by atoms with Crippen molar-refractivity contribution in [1.29, 1.82) is 0 Å². The van der Waals surface area contributed by atoms with Crippen LogP contribution in [0.4, 0.5) is 4.79 Å². The van der Waals surface area contributed by atoms with Gasteiger partial charge in [0.2, 0.25) is 0 Å². The van der Waals surface area contributed by atoms with E-state index in [1.807, 2.05) is 54.6 Å². The number of hydrogen-bond acceptors (Lipinski definition) is 5. The van der Waals surface area contributed by atoms with Gasteiger partial charge < -0.3 is 18.9 Å². The Hall–Kier alpha value is -3.29. The zero-order valence-electron chi connectivity index (χ0n) is 21.2. The summed E-state index contributed by atoms with van der Waals surface area (Å²) < 4.78 is 26.7. The molecule has 2 N–H and O–H groups in total. The van der Waals surface area contributed by atoms with Crippen molar-refractivity contribution in [3.8, 4) is 11.5 Å². The van der Waals surface area contributed by atoms with Gasteiger partial charge in [0.15, 0.2) is 0 Å². The van der Waals surface area contributed by atoms with E-state index in [9.17, 15) is 9.36 Å². The van der Waals surface area contributed by atoms with Crippen LogP contribution in [0.3, 0.4) is 0 Å². The molecule has 3 rings (SSSR count). The maximum Gasteiger partial charge on any atom is 0.524 e. The van der Waals surface area contributed by atoms with Crippen molar-refractivity contribution in [2.45, 2.75) is 13.3 Å². The molecule has 3 aromatic rings. The highest BCUT2D eigenvalue weighted by Crippen LogP contribution is 2.39. The monoisotopic (exact) mass is 559 g/mol. The topological polar surface area (TPSA) is 106 Å². The first-order chi connectivity index (χ1) is 18.2. The average Bonchev–Trinajstić information content (AvgIpc) is 2.90.